The second-order valence-corrected chi connectivity index (χ2v) is 14.7. The van der Waals surface area contributed by atoms with E-state index in [9.17, 15) is 5.11 Å². The van der Waals surface area contributed by atoms with Gasteiger partial charge in [0.1, 0.15) is 0 Å². The first-order valence-electron chi connectivity index (χ1n) is 7.70. The third-order valence-corrected chi connectivity index (χ3v) is 14.3. The van der Waals surface area contributed by atoms with Crippen LogP contribution < -0.4 is 15.9 Å². The van der Waals surface area contributed by atoms with Gasteiger partial charge in [-0.3, -0.25) is 0 Å². The number of aliphatic hydroxyl groups is 1. The van der Waals surface area contributed by atoms with Gasteiger partial charge >= 0.3 is 146 Å². The first kappa shape index (κ1) is 16.4. The Morgan fingerprint density at radius 2 is 0.913 bits per heavy atom. The Hall–Kier alpha value is -1.47. The summed E-state index contributed by atoms with van der Waals surface area (Å²) in [6, 6.07) is 31.5. The van der Waals surface area contributed by atoms with Crippen molar-refractivity contribution >= 4 is 36.7 Å². The second-order valence-electron chi connectivity index (χ2n) is 5.64. The molecule has 1 nitrogen and oxygen atoms in total. The fraction of sp³-hybridized carbons (Fsp3) is 0.100. The molecule has 0 amide bonds. The van der Waals surface area contributed by atoms with Gasteiger partial charge in [-0.15, -0.1) is 0 Å². The van der Waals surface area contributed by atoms with Gasteiger partial charge in [0.25, 0.3) is 0 Å². The van der Waals surface area contributed by atoms with E-state index >= 15 is 0 Å². The zero-order valence-corrected chi connectivity index (χ0v) is 15.3. The van der Waals surface area contributed by atoms with Gasteiger partial charge in [-0.05, 0) is 0 Å². The topological polar surface area (TPSA) is 20.2 Å². The number of rotatable bonds is 5. The molecule has 0 radical (unpaired) electrons. The molecule has 0 aliphatic heterocycles. The molecule has 0 bridgehead atoms. The van der Waals surface area contributed by atoms with E-state index < -0.39 is 5.31 Å². The Morgan fingerprint density at radius 3 is 1.17 bits per heavy atom. The maximum absolute atomic E-state index is 9.95. The van der Waals surface area contributed by atoms with Crippen LogP contribution in [-0.4, -0.2) is 17.9 Å². The van der Waals surface area contributed by atoms with Crippen molar-refractivity contribution in [3.05, 3.63) is 91.0 Å². The molecule has 0 unspecified atom stereocenters. The Kier molecular flexibility index (Phi) is 4.68. The van der Waals surface area contributed by atoms with Crippen LogP contribution in [0.1, 0.15) is 0 Å². The summed E-state index contributed by atoms with van der Waals surface area (Å²) in [7, 11) is 0. The predicted octanol–water partition coefficient (Wildman–Crippen LogP) is 3.82. The van der Waals surface area contributed by atoms with E-state index in [1.165, 1.54) is 15.9 Å². The van der Waals surface area contributed by atoms with Crippen LogP contribution in [0.25, 0.3) is 0 Å². The number of hydrogen-bond acceptors (Lipinski definition) is 1. The molecule has 23 heavy (non-hydrogen) atoms. The van der Waals surface area contributed by atoms with Crippen LogP contribution in [0.2, 0.25) is 0 Å². The number of aliphatic hydroxyl groups excluding tert-OH is 1. The molecule has 0 spiro atoms. The van der Waals surface area contributed by atoms with Crippen molar-refractivity contribution in [3.63, 3.8) is 0 Å². The van der Waals surface area contributed by atoms with Gasteiger partial charge in [0.05, 0.1) is 0 Å². The van der Waals surface area contributed by atoms with E-state index in [1.807, 2.05) is 18.2 Å². The third kappa shape index (κ3) is 2.65. The molecule has 3 rings (SSSR count). The summed E-state index contributed by atoms with van der Waals surface area (Å²) >= 11 is 4.25. The Morgan fingerprint density at radius 1 is 0.609 bits per heavy atom. The summed E-state index contributed by atoms with van der Waals surface area (Å²) in [6.07, 6.45) is 0.670. The third-order valence-electron chi connectivity index (χ3n) is 4.40. The Balaban J connectivity index is 2.41. The predicted molar refractivity (Wildman–Crippen MR) is 106 cm³/mol. The standard InChI is InChI=1S/C20H20BrOP/c21-23(17-16-22,18-10-4-1-5-11-18,19-12-6-2-7-13-19)20-14-8-3-9-15-20/h1-15,22H,16-17H2. The number of hydrogen-bond donors (Lipinski definition) is 1. The normalized spacial score (nSPS) is 13.2. The molecule has 3 heteroatoms. The summed E-state index contributed by atoms with van der Waals surface area (Å²) in [5.41, 5.74) is 0. The van der Waals surface area contributed by atoms with Gasteiger partial charge in [0.15, 0.2) is 0 Å². The first-order chi connectivity index (χ1) is 11.2. The van der Waals surface area contributed by atoms with Crippen LogP contribution >= 0.6 is 20.8 Å². The minimum atomic E-state index is -2.87. The van der Waals surface area contributed by atoms with Crippen molar-refractivity contribution in [2.75, 3.05) is 12.8 Å². The summed E-state index contributed by atoms with van der Waals surface area (Å²) in [5, 5.41) is 10.8. The quantitative estimate of drug-likeness (QED) is 0.660. The van der Waals surface area contributed by atoms with Crippen molar-refractivity contribution in [1.29, 1.82) is 0 Å². The molecule has 3 aromatic rings. The zero-order chi connectivity index (χ0) is 16.2. The molecule has 0 atom stereocenters. The van der Waals surface area contributed by atoms with Gasteiger partial charge in [-0.25, -0.2) is 0 Å². The van der Waals surface area contributed by atoms with Crippen LogP contribution in [0.15, 0.2) is 91.0 Å². The second kappa shape index (κ2) is 6.57. The Labute approximate surface area is 145 Å². The molecule has 3 aromatic carbocycles. The number of benzene rings is 3. The van der Waals surface area contributed by atoms with Gasteiger partial charge in [-0.2, -0.15) is 0 Å². The molecule has 0 fully saturated rings. The molecule has 0 aliphatic rings. The van der Waals surface area contributed by atoms with Gasteiger partial charge in [0, 0.05) is 0 Å². The SMILES string of the molecule is OCCP(Br)(c1ccccc1)(c1ccccc1)c1ccccc1. The van der Waals surface area contributed by atoms with E-state index in [0.717, 1.165) is 0 Å². The Bertz CT molecular complexity index is 660. The van der Waals surface area contributed by atoms with Crippen LogP contribution in [0.5, 0.6) is 0 Å². The van der Waals surface area contributed by atoms with Crippen molar-refractivity contribution < 1.29 is 5.11 Å². The number of halogens is 1. The van der Waals surface area contributed by atoms with Crippen molar-refractivity contribution in [2.45, 2.75) is 0 Å². The van der Waals surface area contributed by atoms with Crippen LogP contribution in [0.4, 0.5) is 0 Å². The average molecular weight is 387 g/mol. The van der Waals surface area contributed by atoms with E-state index in [2.05, 4.69) is 88.3 Å². The average Bonchev–Trinajstić information content (AvgIpc) is 2.64. The summed E-state index contributed by atoms with van der Waals surface area (Å²) in [4.78, 5) is 0. The van der Waals surface area contributed by atoms with Crippen LogP contribution in [0.3, 0.4) is 0 Å². The van der Waals surface area contributed by atoms with Crippen LogP contribution in [-0.2, 0) is 0 Å². The molecule has 1 N–H and O–H groups in total. The van der Waals surface area contributed by atoms with Gasteiger partial charge in [-0.1, -0.05) is 0 Å². The molecule has 0 saturated carbocycles. The van der Waals surface area contributed by atoms with Crippen molar-refractivity contribution in [2.24, 2.45) is 0 Å². The van der Waals surface area contributed by atoms with E-state index in [-0.39, 0.29) is 6.61 Å². The summed E-state index contributed by atoms with van der Waals surface area (Å²) < 4.78 is 0. The van der Waals surface area contributed by atoms with Gasteiger partial charge in [0.2, 0.25) is 0 Å². The molecule has 0 aliphatic carbocycles. The van der Waals surface area contributed by atoms with Crippen molar-refractivity contribution in [1.82, 2.24) is 0 Å². The zero-order valence-electron chi connectivity index (χ0n) is 12.8. The molecular weight excluding hydrogens is 367 g/mol. The monoisotopic (exact) mass is 386 g/mol. The van der Waals surface area contributed by atoms with Gasteiger partial charge < -0.3 is 0 Å². The van der Waals surface area contributed by atoms with E-state index in [4.69, 9.17) is 0 Å². The first-order valence-corrected chi connectivity index (χ1v) is 12.1. The fourth-order valence-electron chi connectivity index (χ4n) is 3.24. The van der Waals surface area contributed by atoms with Crippen molar-refractivity contribution in [3.8, 4) is 0 Å². The summed E-state index contributed by atoms with van der Waals surface area (Å²) in [5.74, 6) is 0. The molecule has 0 saturated heterocycles. The molecule has 0 heterocycles. The molecular formula is C20H20BrOP. The summed E-state index contributed by atoms with van der Waals surface area (Å²) in [6.45, 7) is 0.127. The van der Waals surface area contributed by atoms with Crippen LogP contribution in [0, 0.1) is 0 Å². The van der Waals surface area contributed by atoms with E-state index in [0.29, 0.717) is 6.16 Å². The van der Waals surface area contributed by atoms with E-state index in [1.54, 1.807) is 0 Å². The molecule has 118 valence electrons. The fourth-order valence-corrected chi connectivity index (χ4v) is 10.3. The minimum absolute atomic E-state index is 0.127. The molecule has 0 aromatic heterocycles. The maximum atomic E-state index is 9.95.